The van der Waals surface area contributed by atoms with Gasteiger partial charge in [0.05, 0.1) is 0 Å². The molecule has 0 aliphatic carbocycles. The van der Waals surface area contributed by atoms with Crippen LogP contribution in [0.3, 0.4) is 0 Å². The quantitative estimate of drug-likeness (QED) is 0.149. The first-order valence-corrected chi connectivity index (χ1v) is 11.2. The Balaban J connectivity index is 1.43. The number of nitrogen functional groups attached to an aromatic ring is 2. The molecule has 2 aromatic carbocycles. The van der Waals surface area contributed by atoms with Crippen molar-refractivity contribution in [1.29, 1.82) is 5.41 Å². The number of rotatable bonds is 9. The number of benzene rings is 2. The molecule has 1 aromatic heterocycles. The van der Waals surface area contributed by atoms with E-state index in [0.717, 1.165) is 35.1 Å². The van der Waals surface area contributed by atoms with Gasteiger partial charge in [-0.1, -0.05) is 60.1 Å². The number of aromatic nitrogens is 2. The number of carboxylic acid groups (broad SMARTS) is 1. The summed E-state index contributed by atoms with van der Waals surface area (Å²) in [4.78, 5) is 30.5. The van der Waals surface area contributed by atoms with Crippen LogP contribution in [0.5, 0.6) is 0 Å². The van der Waals surface area contributed by atoms with Crippen LogP contribution in [0.1, 0.15) is 34.5 Å². The van der Waals surface area contributed by atoms with E-state index in [4.69, 9.17) is 33.6 Å². The van der Waals surface area contributed by atoms with Crippen molar-refractivity contribution in [2.24, 2.45) is 0 Å². The molecule has 1 amide bonds. The van der Waals surface area contributed by atoms with Gasteiger partial charge in [0.2, 0.25) is 0 Å². The summed E-state index contributed by atoms with van der Waals surface area (Å²) >= 11 is 5.78. The molecular weight excluding hydrogens is 470 g/mol. The molecule has 0 fully saturated rings. The van der Waals surface area contributed by atoms with E-state index >= 15 is 0 Å². The molecule has 0 aliphatic rings. The number of carboxylic acids is 1. The predicted molar refractivity (Wildman–Crippen MR) is 135 cm³/mol. The van der Waals surface area contributed by atoms with E-state index in [1.807, 2.05) is 48.5 Å². The fraction of sp³-hybridized carbons (Fsp3) is 0.208. The minimum atomic E-state index is -0.801. The second-order valence-corrected chi connectivity index (χ2v) is 8.14. The van der Waals surface area contributed by atoms with Crippen molar-refractivity contribution in [1.82, 2.24) is 20.6 Å². The molecule has 182 valence electrons. The summed E-state index contributed by atoms with van der Waals surface area (Å²) in [5, 5.41) is 21.7. The van der Waals surface area contributed by atoms with Crippen LogP contribution in [0.15, 0.2) is 48.5 Å². The number of anilines is 2. The summed E-state index contributed by atoms with van der Waals surface area (Å²) < 4.78 is 0. The van der Waals surface area contributed by atoms with Crippen LogP contribution < -0.4 is 22.1 Å². The van der Waals surface area contributed by atoms with Crippen molar-refractivity contribution < 1.29 is 14.7 Å². The molecule has 35 heavy (non-hydrogen) atoms. The van der Waals surface area contributed by atoms with Crippen LogP contribution in [0.4, 0.5) is 11.6 Å². The Labute approximate surface area is 207 Å². The average molecular weight is 496 g/mol. The summed E-state index contributed by atoms with van der Waals surface area (Å²) in [6.45, 7) is 0.475. The third kappa shape index (κ3) is 7.41. The largest absolute Gasteiger partial charge is 0.481 e. The number of amides is 1. The highest BCUT2D eigenvalue weighted by atomic mass is 35.5. The summed E-state index contributed by atoms with van der Waals surface area (Å²) in [5.41, 5.74) is 15.2. The molecule has 1 heterocycles. The molecule has 0 unspecified atom stereocenters. The van der Waals surface area contributed by atoms with Gasteiger partial charge in [-0.2, -0.15) is 0 Å². The normalized spacial score (nSPS) is 10.5. The number of carbonyl (C=O) groups is 2. The molecule has 8 N–H and O–H groups in total. The van der Waals surface area contributed by atoms with E-state index in [1.165, 1.54) is 0 Å². The highest BCUT2D eigenvalue weighted by Crippen LogP contribution is 2.21. The summed E-state index contributed by atoms with van der Waals surface area (Å²) in [6, 6.07) is 16.1. The summed E-state index contributed by atoms with van der Waals surface area (Å²) in [5.74, 6) is -1.95. The van der Waals surface area contributed by atoms with Crippen LogP contribution in [0.2, 0.25) is 5.15 Å². The number of nitrogens with two attached hydrogens (primary N) is 2. The van der Waals surface area contributed by atoms with E-state index in [9.17, 15) is 9.59 Å². The fourth-order valence-electron chi connectivity index (χ4n) is 3.31. The fourth-order valence-corrected chi connectivity index (χ4v) is 3.44. The second-order valence-electron chi connectivity index (χ2n) is 7.78. The molecule has 0 radical (unpaired) electrons. The number of nitrogens with zero attached hydrogens (tertiary/aromatic N) is 2. The Kier molecular flexibility index (Phi) is 8.58. The number of aliphatic carboxylic acids is 1. The van der Waals surface area contributed by atoms with Crippen molar-refractivity contribution in [2.75, 3.05) is 18.0 Å². The first kappa shape index (κ1) is 25.4. The Morgan fingerprint density at radius 3 is 2.06 bits per heavy atom. The number of carbonyl (C=O) groups excluding carboxylic acids is 1. The van der Waals surface area contributed by atoms with Crippen LogP contribution >= 0.6 is 11.6 Å². The maximum atomic E-state index is 12.2. The number of guanidine groups is 1. The molecule has 10 nitrogen and oxygen atoms in total. The zero-order chi connectivity index (χ0) is 25.4. The standard InChI is InChI=1S/C24H26ClN7O3/c25-20-22(27)31-21(26)19(30-20)23(35)32-24(28)29-13-1-2-14-3-8-16(9-4-14)17-10-5-15(6-11-17)7-12-18(33)34/h3-6,8-11H,1-2,7,12-13H2,(H,33,34)(H4,26,27,31)(H3,28,29,32,35). The lowest BCUT2D eigenvalue weighted by molar-refractivity contribution is -0.136. The molecule has 0 spiro atoms. The number of aryl methyl sites for hydroxylation is 2. The topological polar surface area (TPSA) is 180 Å². The van der Waals surface area contributed by atoms with Gasteiger partial charge in [-0.05, 0) is 41.5 Å². The third-order valence-corrected chi connectivity index (χ3v) is 5.45. The maximum Gasteiger partial charge on any atom is 0.303 e. The molecule has 0 bridgehead atoms. The van der Waals surface area contributed by atoms with Crippen molar-refractivity contribution in [3.05, 3.63) is 70.5 Å². The van der Waals surface area contributed by atoms with Gasteiger partial charge in [-0.25, -0.2) is 9.97 Å². The first-order chi connectivity index (χ1) is 16.7. The molecule has 0 saturated heterocycles. The van der Waals surface area contributed by atoms with Gasteiger partial charge in [0.25, 0.3) is 5.91 Å². The van der Waals surface area contributed by atoms with Gasteiger partial charge < -0.3 is 21.9 Å². The average Bonchev–Trinajstić information content (AvgIpc) is 2.83. The van der Waals surface area contributed by atoms with Crippen molar-refractivity contribution in [3.8, 4) is 11.1 Å². The lowest BCUT2D eigenvalue weighted by atomic mass is 10.00. The van der Waals surface area contributed by atoms with Gasteiger partial charge >= 0.3 is 5.97 Å². The minimum absolute atomic E-state index is 0.0761. The van der Waals surface area contributed by atoms with Crippen LogP contribution in [0.25, 0.3) is 11.1 Å². The second kappa shape index (κ2) is 11.8. The van der Waals surface area contributed by atoms with Gasteiger partial charge in [0.1, 0.15) is 0 Å². The van der Waals surface area contributed by atoms with Crippen LogP contribution in [-0.4, -0.2) is 39.5 Å². The number of halogens is 1. The lowest BCUT2D eigenvalue weighted by Crippen LogP contribution is -2.41. The molecule has 0 atom stereocenters. The van der Waals surface area contributed by atoms with Crippen molar-refractivity contribution >= 4 is 41.1 Å². The van der Waals surface area contributed by atoms with Gasteiger partial charge in [-0.3, -0.25) is 20.3 Å². The van der Waals surface area contributed by atoms with Gasteiger partial charge in [-0.15, -0.1) is 0 Å². The zero-order valence-corrected chi connectivity index (χ0v) is 19.6. The molecular formula is C24H26ClN7O3. The van der Waals surface area contributed by atoms with E-state index < -0.39 is 11.9 Å². The molecule has 3 aromatic rings. The van der Waals surface area contributed by atoms with Gasteiger partial charge in [0, 0.05) is 13.0 Å². The Morgan fingerprint density at radius 2 is 1.49 bits per heavy atom. The maximum absolute atomic E-state index is 12.2. The van der Waals surface area contributed by atoms with Crippen molar-refractivity contribution in [3.63, 3.8) is 0 Å². The predicted octanol–water partition coefficient (Wildman–Crippen LogP) is 2.87. The molecule has 0 aliphatic heterocycles. The lowest BCUT2D eigenvalue weighted by Gasteiger charge is -2.11. The Morgan fingerprint density at radius 1 is 0.914 bits per heavy atom. The zero-order valence-electron chi connectivity index (χ0n) is 18.8. The molecule has 0 saturated carbocycles. The Bertz CT molecular complexity index is 1220. The van der Waals surface area contributed by atoms with E-state index in [2.05, 4.69) is 20.6 Å². The van der Waals surface area contributed by atoms with Crippen LogP contribution in [0, 0.1) is 5.41 Å². The highest BCUT2D eigenvalue weighted by molar-refractivity contribution is 6.31. The number of nitrogens with one attached hydrogen (secondary N) is 3. The van der Waals surface area contributed by atoms with Crippen molar-refractivity contribution in [2.45, 2.75) is 25.7 Å². The van der Waals surface area contributed by atoms with Gasteiger partial charge in [0.15, 0.2) is 28.4 Å². The van der Waals surface area contributed by atoms with Crippen LogP contribution in [-0.2, 0) is 17.6 Å². The first-order valence-electron chi connectivity index (χ1n) is 10.8. The van der Waals surface area contributed by atoms with E-state index in [-0.39, 0.29) is 34.9 Å². The SMILES string of the molecule is N=C(NCCCc1ccc(-c2ccc(CCC(=O)O)cc2)cc1)NC(=O)c1nc(Cl)c(N)nc1N. The Hall–Kier alpha value is -4.18. The third-order valence-electron chi connectivity index (χ3n) is 5.17. The molecule has 11 heteroatoms. The number of hydrogen-bond donors (Lipinski definition) is 6. The summed E-state index contributed by atoms with van der Waals surface area (Å²) in [6.07, 6.45) is 2.16. The smallest absolute Gasteiger partial charge is 0.303 e. The minimum Gasteiger partial charge on any atom is -0.481 e. The number of hydrogen-bond acceptors (Lipinski definition) is 7. The van der Waals surface area contributed by atoms with E-state index in [0.29, 0.717) is 13.0 Å². The highest BCUT2D eigenvalue weighted by Gasteiger charge is 2.17. The van der Waals surface area contributed by atoms with E-state index in [1.54, 1.807) is 0 Å². The monoisotopic (exact) mass is 495 g/mol. The molecule has 3 rings (SSSR count). The summed E-state index contributed by atoms with van der Waals surface area (Å²) in [7, 11) is 0.